The Morgan fingerprint density at radius 2 is 1.02 bits per heavy atom. The summed E-state index contributed by atoms with van der Waals surface area (Å²) in [6.45, 7) is 4.70. The molecule has 52 heavy (non-hydrogen) atoms. The average Bonchev–Trinajstić information content (AvgIpc) is 3.66. The van der Waals surface area contributed by atoms with E-state index in [1.54, 1.807) is 0 Å². The van der Waals surface area contributed by atoms with Gasteiger partial charge in [0.05, 0.1) is 22.4 Å². The van der Waals surface area contributed by atoms with Gasteiger partial charge in [0, 0.05) is 38.6 Å². The maximum Gasteiger partial charge on any atom is 0.160 e. The third-order valence-corrected chi connectivity index (χ3v) is 10.8. The standard InChI is InChI=1S/C49H35N3/c1-49(2)41-24-14-12-22-37(41)38-27-26-34(29-42(38)49)40-28-35(30-46-47(40)39-23-13-15-25-45(39)52(46)36-20-10-5-11-21-36)48-50-43(32-16-6-3-7-17-32)31-44(51-48)33-18-8-4-9-19-33/h3-31H,1-2H3. The predicted molar refractivity (Wildman–Crippen MR) is 216 cm³/mol. The Morgan fingerprint density at radius 3 is 1.73 bits per heavy atom. The first-order valence-electron chi connectivity index (χ1n) is 17.9. The summed E-state index contributed by atoms with van der Waals surface area (Å²) in [5, 5.41) is 2.44. The van der Waals surface area contributed by atoms with Crippen molar-refractivity contribution in [3.05, 3.63) is 187 Å². The quantitative estimate of drug-likeness (QED) is 0.183. The van der Waals surface area contributed by atoms with Crippen LogP contribution in [0.1, 0.15) is 25.0 Å². The third kappa shape index (κ3) is 4.74. The zero-order chi connectivity index (χ0) is 34.8. The Hall–Kier alpha value is -6.58. The van der Waals surface area contributed by atoms with E-state index in [4.69, 9.17) is 9.97 Å². The number of aromatic nitrogens is 3. The largest absolute Gasteiger partial charge is 0.309 e. The molecular formula is C49H35N3. The summed E-state index contributed by atoms with van der Waals surface area (Å²) < 4.78 is 2.39. The van der Waals surface area contributed by atoms with Crippen LogP contribution in [-0.2, 0) is 5.41 Å². The molecule has 3 heteroatoms. The number of hydrogen-bond donors (Lipinski definition) is 0. The second-order valence-corrected chi connectivity index (χ2v) is 14.2. The lowest BCUT2D eigenvalue weighted by Crippen LogP contribution is -2.14. The van der Waals surface area contributed by atoms with Crippen LogP contribution in [0.3, 0.4) is 0 Å². The molecule has 1 aliphatic rings. The Bertz CT molecular complexity index is 2740. The van der Waals surface area contributed by atoms with Gasteiger partial charge in [-0.2, -0.15) is 0 Å². The topological polar surface area (TPSA) is 30.7 Å². The molecule has 0 radical (unpaired) electrons. The van der Waals surface area contributed by atoms with Gasteiger partial charge in [-0.05, 0) is 75.8 Å². The van der Waals surface area contributed by atoms with Crippen LogP contribution in [-0.4, -0.2) is 14.5 Å². The van der Waals surface area contributed by atoms with Crippen molar-refractivity contribution in [1.29, 1.82) is 0 Å². The maximum atomic E-state index is 5.28. The molecule has 3 nitrogen and oxygen atoms in total. The molecule has 246 valence electrons. The van der Waals surface area contributed by atoms with E-state index in [0.29, 0.717) is 5.82 Å². The smallest absolute Gasteiger partial charge is 0.160 e. The number of benzene rings is 7. The highest BCUT2D eigenvalue weighted by Crippen LogP contribution is 2.50. The van der Waals surface area contributed by atoms with Gasteiger partial charge in [-0.3, -0.25) is 0 Å². The molecular weight excluding hydrogens is 631 g/mol. The summed E-state index contributed by atoms with van der Waals surface area (Å²) in [6, 6.07) is 62.9. The van der Waals surface area contributed by atoms with Gasteiger partial charge >= 0.3 is 0 Å². The van der Waals surface area contributed by atoms with Gasteiger partial charge in [0.15, 0.2) is 5.82 Å². The zero-order valence-electron chi connectivity index (χ0n) is 29.1. The van der Waals surface area contributed by atoms with Gasteiger partial charge < -0.3 is 4.57 Å². The number of hydrogen-bond acceptors (Lipinski definition) is 2. The van der Waals surface area contributed by atoms with Crippen LogP contribution in [0.5, 0.6) is 0 Å². The lowest BCUT2D eigenvalue weighted by molar-refractivity contribution is 0.660. The molecule has 10 rings (SSSR count). The van der Waals surface area contributed by atoms with Crippen molar-refractivity contribution < 1.29 is 0 Å². The van der Waals surface area contributed by atoms with Crippen molar-refractivity contribution in [2.75, 3.05) is 0 Å². The second-order valence-electron chi connectivity index (χ2n) is 14.2. The van der Waals surface area contributed by atoms with Crippen LogP contribution in [0, 0.1) is 0 Å². The van der Waals surface area contributed by atoms with Gasteiger partial charge in [0.25, 0.3) is 0 Å². The summed E-state index contributed by atoms with van der Waals surface area (Å²) in [5.41, 5.74) is 15.9. The molecule has 0 N–H and O–H groups in total. The minimum atomic E-state index is -0.117. The molecule has 2 aromatic heterocycles. The van der Waals surface area contributed by atoms with Crippen LogP contribution < -0.4 is 0 Å². The molecule has 0 spiro atoms. The zero-order valence-corrected chi connectivity index (χ0v) is 29.1. The summed E-state index contributed by atoms with van der Waals surface area (Å²) >= 11 is 0. The van der Waals surface area contributed by atoms with Crippen LogP contribution in [0.2, 0.25) is 0 Å². The first-order valence-corrected chi connectivity index (χ1v) is 17.9. The molecule has 0 bridgehead atoms. The van der Waals surface area contributed by atoms with Crippen molar-refractivity contribution >= 4 is 21.8 Å². The van der Waals surface area contributed by atoms with Crippen LogP contribution in [0.25, 0.3) is 83.6 Å². The van der Waals surface area contributed by atoms with E-state index in [1.807, 2.05) is 12.1 Å². The van der Waals surface area contributed by atoms with Crippen molar-refractivity contribution in [2.45, 2.75) is 19.3 Å². The van der Waals surface area contributed by atoms with Crippen LogP contribution >= 0.6 is 0 Å². The lowest BCUT2D eigenvalue weighted by Gasteiger charge is -2.22. The summed E-state index contributed by atoms with van der Waals surface area (Å²) in [6.07, 6.45) is 0. The molecule has 7 aromatic carbocycles. The highest BCUT2D eigenvalue weighted by Gasteiger charge is 2.35. The van der Waals surface area contributed by atoms with E-state index < -0.39 is 0 Å². The van der Waals surface area contributed by atoms with E-state index in [0.717, 1.165) is 39.3 Å². The van der Waals surface area contributed by atoms with Crippen LogP contribution in [0.4, 0.5) is 0 Å². The summed E-state index contributed by atoms with van der Waals surface area (Å²) in [4.78, 5) is 10.6. The van der Waals surface area contributed by atoms with Crippen molar-refractivity contribution in [2.24, 2.45) is 0 Å². The van der Waals surface area contributed by atoms with Gasteiger partial charge in [0.2, 0.25) is 0 Å². The highest BCUT2D eigenvalue weighted by molar-refractivity contribution is 6.17. The monoisotopic (exact) mass is 665 g/mol. The van der Waals surface area contributed by atoms with Crippen molar-refractivity contribution in [1.82, 2.24) is 14.5 Å². The molecule has 0 amide bonds. The number of fused-ring (bicyclic) bond motifs is 6. The fourth-order valence-corrected chi connectivity index (χ4v) is 8.27. The summed E-state index contributed by atoms with van der Waals surface area (Å²) in [5.74, 6) is 0.696. The number of rotatable bonds is 5. The Kier molecular flexibility index (Phi) is 6.84. The number of nitrogens with zero attached hydrogens (tertiary/aromatic N) is 3. The minimum absolute atomic E-state index is 0.117. The SMILES string of the molecule is CC1(C)c2ccccc2-c2ccc(-c3cc(-c4nc(-c5ccccc5)cc(-c5ccccc5)n4)cc4c3c3ccccc3n4-c3ccccc3)cc21. The van der Waals surface area contributed by atoms with Gasteiger partial charge in [-0.25, -0.2) is 9.97 Å². The van der Waals surface area contributed by atoms with E-state index in [9.17, 15) is 0 Å². The molecule has 0 atom stereocenters. The van der Waals surface area contributed by atoms with Crippen LogP contribution in [0.15, 0.2) is 176 Å². The Balaban J connectivity index is 1.29. The Labute approximate surface area is 303 Å². The van der Waals surface area contributed by atoms with Gasteiger partial charge in [0.1, 0.15) is 0 Å². The molecule has 0 aliphatic heterocycles. The molecule has 0 fully saturated rings. The lowest BCUT2D eigenvalue weighted by atomic mass is 9.81. The molecule has 0 saturated carbocycles. The average molecular weight is 666 g/mol. The molecule has 2 heterocycles. The Morgan fingerprint density at radius 1 is 0.423 bits per heavy atom. The molecule has 1 aliphatic carbocycles. The number of para-hydroxylation sites is 2. The molecule has 0 saturated heterocycles. The first kappa shape index (κ1) is 30.3. The molecule has 0 unspecified atom stereocenters. The third-order valence-electron chi connectivity index (χ3n) is 10.8. The van der Waals surface area contributed by atoms with E-state index in [2.05, 4.69) is 182 Å². The maximum absolute atomic E-state index is 5.28. The fraction of sp³-hybridized carbons (Fsp3) is 0.0612. The predicted octanol–water partition coefficient (Wildman–Crippen LogP) is 12.5. The molecule has 9 aromatic rings. The fourth-order valence-electron chi connectivity index (χ4n) is 8.27. The minimum Gasteiger partial charge on any atom is -0.309 e. The van der Waals surface area contributed by atoms with Gasteiger partial charge in [-0.15, -0.1) is 0 Å². The van der Waals surface area contributed by atoms with Gasteiger partial charge in [-0.1, -0.05) is 147 Å². The van der Waals surface area contributed by atoms with Crippen molar-refractivity contribution in [3.63, 3.8) is 0 Å². The summed E-state index contributed by atoms with van der Waals surface area (Å²) in [7, 11) is 0. The van der Waals surface area contributed by atoms with Crippen molar-refractivity contribution in [3.8, 4) is 61.8 Å². The second kappa shape index (κ2) is 11.8. The van der Waals surface area contributed by atoms with E-state index >= 15 is 0 Å². The van der Waals surface area contributed by atoms with E-state index in [1.165, 1.54) is 49.7 Å². The highest BCUT2D eigenvalue weighted by atomic mass is 15.0. The normalized spacial score (nSPS) is 13.0. The van der Waals surface area contributed by atoms with E-state index in [-0.39, 0.29) is 5.41 Å². The first-order chi connectivity index (χ1) is 25.5.